The minimum absolute atomic E-state index is 0.190. The van der Waals surface area contributed by atoms with Crippen LogP contribution in [-0.4, -0.2) is 24.6 Å². The van der Waals surface area contributed by atoms with Crippen molar-refractivity contribution in [3.63, 3.8) is 0 Å². The lowest BCUT2D eigenvalue weighted by molar-refractivity contribution is 0.282. The summed E-state index contributed by atoms with van der Waals surface area (Å²) < 4.78 is 16.1. The maximum atomic E-state index is 14.2. The summed E-state index contributed by atoms with van der Waals surface area (Å²) in [5, 5.41) is 9.43. The third-order valence-electron chi connectivity index (χ3n) is 3.42. The number of rotatable bonds is 3. The molecule has 0 fully saturated rings. The summed E-state index contributed by atoms with van der Waals surface area (Å²) in [5.74, 6) is -0.430. The van der Waals surface area contributed by atoms with Crippen molar-refractivity contribution in [2.75, 3.05) is 0 Å². The second-order valence-electron chi connectivity index (χ2n) is 5.07. The Bertz CT molecular complexity index is 797. The van der Waals surface area contributed by atoms with Gasteiger partial charge in [-0.2, -0.15) is 0 Å². The maximum Gasteiger partial charge on any atom is 0.164 e. The number of fused-ring (bicyclic) bond motifs is 1. The normalized spacial score (nSPS) is 11.5. The Hall–Kier alpha value is -2.34. The van der Waals surface area contributed by atoms with E-state index in [0.29, 0.717) is 22.4 Å². The van der Waals surface area contributed by atoms with Crippen molar-refractivity contribution in [1.29, 1.82) is 0 Å². The average Bonchev–Trinajstić information content (AvgIpc) is 2.91. The highest BCUT2D eigenvalue weighted by atomic mass is 19.1. The molecule has 0 aliphatic heterocycles. The van der Waals surface area contributed by atoms with Gasteiger partial charge in [0.25, 0.3) is 0 Å². The van der Waals surface area contributed by atoms with Gasteiger partial charge in [0.2, 0.25) is 0 Å². The molecule has 21 heavy (non-hydrogen) atoms. The first-order valence-corrected chi connectivity index (χ1v) is 6.69. The SMILES string of the molecule is CC(C)n1cnc2c(-c3c(F)cccc3CO)ncnc21. The smallest absolute Gasteiger partial charge is 0.164 e. The molecule has 2 heterocycles. The molecular formula is C15H15FN4O. The number of aliphatic hydroxyl groups excluding tert-OH is 1. The minimum Gasteiger partial charge on any atom is -0.392 e. The van der Waals surface area contributed by atoms with Crippen LogP contribution in [0.15, 0.2) is 30.9 Å². The molecule has 0 aliphatic carbocycles. The van der Waals surface area contributed by atoms with Crippen molar-refractivity contribution >= 4 is 11.2 Å². The van der Waals surface area contributed by atoms with Crippen LogP contribution in [0.3, 0.4) is 0 Å². The molecule has 0 radical (unpaired) electrons. The van der Waals surface area contributed by atoms with E-state index in [-0.39, 0.29) is 18.2 Å². The molecule has 1 aromatic carbocycles. The molecule has 0 saturated carbocycles. The largest absolute Gasteiger partial charge is 0.392 e. The fraction of sp³-hybridized carbons (Fsp3) is 0.267. The van der Waals surface area contributed by atoms with Crippen LogP contribution in [0.1, 0.15) is 25.5 Å². The van der Waals surface area contributed by atoms with Crippen LogP contribution < -0.4 is 0 Å². The van der Waals surface area contributed by atoms with Gasteiger partial charge in [0.1, 0.15) is 23.4 Å². The zero-order chi connectivity index (χ0) is 15.0. The maximum absolute atomic E-state index is 14.2. The van der Waals surface area contributed by atoms with E-state index >= 15 is 0 Å². The van der Waals surface area contributed by atoms with Gasteiger partial charge in [-0.05, 0) is 25.5 Å². The van der Waals surface area contributed by atoms with E-state index in [0.717, 1.165) is 0 Å². The average molecular weight is 286 g/mol. The lowest BCUT2D eigenvalue weighted by Crippen LogP contribution is -2.01. The van der Waals surface area contributed by atoms with Crippen LogP contribution in [-0.2, 0) is 6.61 Å². The van der Waals surface area contributed by atoms with Gasteiger partial charge >= 0.3 is 0 Å². The fourth-order valence-corrected chi connectivity index (χ4v) is 2.38. The lowest BCUT2D eigenvalue weighted by atomic mass is 10.0. The van der Waals surface area contributed by atoms with E-state index in [4.69, 9.17) is 0 Å². The van der Waals surface area contributed by atoms with Crippen molar-refractivity contribution in [3.05, 3.63) is 42.2 Å². The second-order valence-corrected chi connectivity index (χ2v) is 5.07. The molecule has 5 nitrogen and oxygen atoms in total. The standard InChI is InChI=1S/C15H15FN4O/c1-9(2)20-8-19-14-13(17-7-18-15(14)20)12-10(6-21)4-3-5-11(12)16/h3-5,7-9,21H,6H2,1-2H3. The Morgan fingerprint density at radius 2 is 2.05 bits per heavy atom. The number of benzene rings is 1. The second kappa shape index (κ2) is 5.21. The van der Waals surface area contributed by atoms with Crippen molar-refractivity contribution in [1.82, 2.24) is 19.5 Å². The van der Waals surface area contributed by atoms with Crippen LogP contribution in [0.25, 0.3) is 22.4 Å². The zero-order valence-corrected chi connectivity index (χ0v) is 11.8. The van der Waals surface area contributed by atoms with E-state index < -0.39 is 5.82 Å². The molecule has 0 aliphatic rings. The Balaban J connectivity index is 2.32. The van der Waals surface area contributed by atoms with Crippen molar-refractivity contribution in [2.24, 2.45) is 0 Å². The zero-order valence-electron chi connectivity index (χ0n) is 11.8. The number of hydrogen-bond acceptors (Lipinski definition) is 4. The predicted octanol–water partition coefficient (Wildman–Crippen LogP) is 2.71. The summed E-state index contributed by atoms with van der Waals surface area (Å²) in [4.78, 5) is 12.7. The summed E-state index contributed by atoms with van der Waals surface area (Å²) in [6.07, 6.45) is 3.07. The molecule has 0 amide bonds. The van der Waals surface area contributed by atoms with Crippen LogP contribution in [0, 0.1) is 5.82 Å². The molecule has 0 unspecified atom stereocenters. The summed E-state index contributed by atoms with van der Waals surface area (Å²) in [6.45, 7) is 3.78. The summed E-state index contributed by atoms with van der Waals surface area (Å²) >= 11 is 0. The minimum atomic E-state index is -0.430. The van der Waals surface area contributed by atoms with E-state index in [9.17, 15) is 9.50 Å². The molecule has 0 saturated heterocycles. The Labute approximate surface area is 121 Å². The Morgan fingerprint density at radius 1 is 1.24 bits per heavy atom. The van der Waals surface area contributed by atoms with Gasteiger partial charge in [0.05, 0.1) is 12.9 Å². The number of aliphatic hydroxyl groups is 1. The first-order valence-electron chi connectivity index (χ1n) is 6.69. The number of halogens is 1. The number of aromatic nitrogens is 4. The van der Waals surface area contributed by atoms with E-state index in [1.807, 2.05) is 18.4 Å². The molecule has 0 spiro atoms. The van der Waals surface area contributed by atoms with Crippen molar-refractivity contribution in [2.45, 2.75) is 26.5 Å². The molecule has 108 valence electrons. The van der Waals surface area contributed by atoms with Gasteiger partial charge in [-0.1, -0.05) is 12.1 Å². The van der Waals surface area contributed by atoms with Gasteiger partial charge in [-0.25, -0.2) is 19.3 Å². The van der Waals surface area contributed by atoms with E-state index in [2.05, 4.69) is 15.0 Å². The lowest BCUT2D eigenvalue weighted by Gasteiger charge is -2.10. The highest BCUT2D eigenvalue weighted by Crippen LogP contribution is 2.30. The molecular weight excluding hydrogens is 271 g/mol. The summed E-state index contributed by atoms with van der Waals surface area (Å²) in [7, 11) is 0. The molecule has 0 atom stereocenters. The highest BCUT2D eigenvalue weighted by molar-refractivity contribution is 5.88. The number of imidazole rings is 1. The molecule has 6 heteroatoms. The topological polar surface area (TPSA) is 63.8 Å². The van der Waals surface area contributed by atoms with E-state index in [1.54, 1.807) is 18.5 Å². The van der Waals surface area contributed by atoms with Crippen LogP contribution in [0.4, 0.5) is 4.39 Å². The van der Waals surface area contributed by atoms with Crippen LogP contribution in [0.5, 0.6) is 0 Å². The van der Waals surface area contributed by atoms with Crippen molar-refractivity contribution in [3.8, 4) is 11.3 Å². The van der Waals surface area contributed by atoms with Crippen molar-refractivity contribution < 1.29 is 9.50 Å². The molecule has 1 N–H and O–H groups in total. The monoisotopic (exact) mass is 286 g/mol. The van der Waals surface area contributed by atoms with Gasteiger partial charge < -0.3 is 9.67 Å². The summed E-state index contributed by atoms with van der Waals surface area (Å²) in [6, 6.07) is 4.78. The fourth-order valence-electron chi connectivity index (χ4n) is 2.38. The Morgan fingerprint density at radius 3 is 2.76 bits per heavy atom. The van der Waals surface area contributed by atoms with Gasteiger partial charge in [0, 0.05) is 11.6 Å². The molecule has 2 aromatic heterocycles. The van der Waals surface area contributed by atoms with E-state index in [1.165, 1.54) is 12.4 Å². The summed E-state index contributed by atoms with van der Waals surface area (Å²) in [5.41, 5.74) is 2.35. The van der Waals surface area contributed by atoms with Crippen LogP contribution >= 0.6 is 0 Å². The third kappa shape index (κ3) is 2.17. The highest BCUT2D eigenvalue weighted by Gasteiger charge is 2.18. The quantitative estimate of drug-likeness (QED) is 0.804. The number of hydrogen-bond donors (Lipinski definition) is 1. The first-order chi connectivity index (χ1) is 10.1. The Kier molecular flexibility index (Phi) is 3.39. The number of nitrogens with zero attached hydrogens (tertiary/aromatic N) is 4. The first kappa shape index (κ1) is 13.6. The third-order valence-corrected chi connectivity index (χ3v) is 3.42. The molecule has 0 bridgehead atoms. The molecule has 3 aromatic rings. The van der Waals surface area contributed by atoms with Gasteiger partial charge in [-0.15, -0.1) is 0 Å². The predicted molar refractivity (Wildman–Crippen MR) is 77.0 cm³/mol. The van der Waals surface area contributed by atoms with Gasteiger partial charge in [0.15, 0.2) is 5.65 Å². The van der Waals surface area contributed by atoms with Gasteiger partial charge in [-0.3, -0.25) is 0 Å². The van der Waals surface area contributed by atoms with Crippen LogP contribution in [0.2, 0.25) is 0 Å². The molecule has 3 rings (SSSR count).